The molecule has 0 radical (unpaired) electrons. The predicted octanol–water partition coefficient (Wildman–Crippen LogP) is 5.98. The van der Waals surface area contributed by atoms with Gasteiger partial charge in [-0.05, 0) is 47.2 Å². The second-order valence-electron chi connectivity index (χ2n) is 7.18. The quantitative estimate of drug-likeness (QED) is 0.408. The monoisotopic (exact) mass is 368 g/mol. The molecular formula is C25H24N2O. The van der Waals surface area contributed by atoms with Crippen molar-refractivity contribution in [1.82, 2.24) is 9.97 Å². The summed E-state index contributed by atoms with van der Waals surface area (Å²) in [7, 11) is 0. The Morgan fingerprint density at radius 3 is 2.61 bits per heavy atom. The minimum atomic E-state index is 0.741. The molecule has 3 aromatic carbocycles. The first-order chi connectivity index (χ1) is 13.8. The molecule has 4 rings (SSSR count). The van der Waals surface area contributed by atoms with Crippen molar-refractivity contribution in [3.8, 4) is 11.1 Å². The van der Waals surface area contributed by atoms with Crippen LogP contribution in [0.1, 0.15) is 47.1 Å². The highest BCUT2D eigenvalue weighted by Crippen LogP contribution is 2.29. The molecule has 0 spiro atoms. The van der Waals surface area contributed by atoms with Crippen LogP contribution < -0.4 is 0 Å². The van der Waals surface area contributed by atoms with Gasteiger partial charge >= 0.3 is 0 Å². The molecule has 140 valence electrons. The largest absolute Gasteiger partial charge is 0.342 e. The summed E-state index contributed by atoms with van der Waals surface area (Å²) in [5, 5.41) is 0. The lowest BCUT2D eigenvalue weighted by Gasteiger charge is -2.13. The maximum atomic E-state index is 11.5. The number of carbonyl (C=O) groups excluding carboxylic acids is 1. The number of benzene rings is 3. The van der Waals surface area contributed by atoms with E-state index in [-0.39, 0.29) is 0 Å². The average Bonchev–Trinajstić information content (AvgIpc) is 3.14. The Hall–Kier alpha value is -3.20. The molecule has 0 unspecified atom stereocenters. The van der Waals surface area contributed by atoms with E-state index in [0.717, 1.165) is 65.5 Å². The molecule has 0 bridgehead atoms. The van der Waals surface area contributed by atoms with Gasteiger partial charge in [-0.2, -0.15) is 0 Å². The Kier molecular flexibility index (Phi) is 5.34. The molecule has 0 saturated heterocycles. The van der Waals surface area contributed by atoms with Crippen molar-refractivity contribution in [3.05, 3.63) is 89.2 Å². The maximum Gasteiger partial charge on any atom is 0.150 e. The van der Waals surface area contributed by atoms with Crippen LogP contribution in [0.5, 0.6) is 0 Å². The number of fused-ring (bicyclic) bond motifs is 1. The zero-order valence-corrected chi connectivity index (χ0v) is 16.1. The van der Waals surface area contributed by atoms with Crippen molar-refractivity contribution in [2.45, 2.75) is 32.6 Å². The van der Waals surface area contributed by atoms with E-state index >= 15 is 0 Å². The van der Waals surface area contributed by atoms with Crippen LogP contribution in [0, 0.1) is 0 Å². The number of carbonyl (C=O) groups is 1. The maximum absolute atomic E-state index is 11.5. The predicted molar refractivity (Wildman–Crippen MR) is 115 cm³/mol. The Balaban J connectivity index is 1.70. The minimum absolute atomic E-state index is 0.741. The topological polar surface area (TPSA) is 45.8 Å². The Morgan fingerprint density at radius 2 is 1.79 bits per heavy atom. The summed E-state index contributed by atoms with van der Waals surface area (Å²) in [6, 6.07) is 22.5. The third kappa shape index (κ3) is 3.74. The van der Waals surface area contributed by atoms with Crippen molar-refractivity contribution in [1.29, 1.82) is 0 Å². The lowest BCUT2D eigenvalue weighted by atomic mass is 9.91. The molecule has 3 nitrogen and oxygen atoms in total. The zero-order valence-electron chi connectivity index (χ0n) is 16.1. The van der Waals surface area contributed by atoms with Crippen molar-refractivity contribution >= 4 is 17.3 Å². The molecular weight excluding hydrogens is 344 g/mol. The molecule has 0 saturated carbocycles. The molecule has 0 amide bonds. The Bertz CT molecular complexity index is 1080. The van der Waals surface area contributed by atoms with Crippen molar-refractivity contribution in [2.24, 2.45) is 0 Å². The minimum Gasteiger partial charge on any atom is -0.342 e. The summed E-state index contributed by atoms with van der Waals surface area (Å²) in [4.78, 5) is 19.6. The summed E-state index contributed by atoms with van der Waals surface area (Å²) in [6.07, 6.45) is 4.99. The van der Waals surface area contributed by atoms with E-state index in [0.29, 0.717) is 0 Å². The van der Waals surface area contributed by atoms with Crippen LogP contribution in [0.15, 0.2) is 66.7 Å². The summed E-state index contributed by atoms with van der Waals surface area (Å²) in [5.41, 5.74) is 7.51. The van der Waals surface area contributed by atoms with Crippen LogP contribution in [0.3, 0.4) is 0 Å². The first kappa shape index (κ1) is 18.2. The lowest BCUT2D eigenvalue weighted by Crippen LogP contribution is -1.98. The zero-order chi connectivity index (χ0) is 19.3. The van der Waals surface area contributed by atoms with Crippen LogP contribution in [-0.4, -0.2) is 16.3 Å². The van der Waals surface area contributed by atoms with Crippen molar-refractivity contribution in [2.75, 3.05) is 0 Å². The first-order valence-electron chi connectivity index (χ1n) is 9.88. The highest BCUT2D eigenvalue weighted by molar-refractivity contribution is 5.88. The van der Waals surface area contributed by atoms with E-state index in [9.17, 15) is 4.79 Å². The number of unbranched alkanes of at least 4 members (excludes halogenated alkanes) is 1. The van der Waals surface area contributed by atoms with Gasteiger partial charge in [0.05, 0.1) is 11.0 Å². The van der Waals surface area contributed by atoms with Gasteiger partial charge in [-0.25, -0.2) is 4.98 Å². The molecule has 0 fully saturated rings. The third-order valence-electron chi connectivity index (χ3n) is 5.16. The molecule has 0 aliphatic heterocycles. The van der Waals surface area contributed by atoms with Crippen molar-refractivity contribution < 1.29 is 4.79 Å². The van der Waals surface area contributed by atoms with E-state index in [1.165, 1.54) is 11.1 Å². The molecule has 1 N–H and O–H groups in total. The van der Waals surface area contributed by atoms with Gasteiger partial charge in [-0.15, -0.1) is 0 Å². The number of nitrogens with zero attached hydrogens (tertiary/aromatic N) is 1. The van der Waals surface area contributed by atoms with E-state index in [1.54, 1.807) is 0 Å². The standard InChI is InChI=1S/C25H24N2O/c1-2-3-8-19-15-18(16-25-26-23-11-6-7-12-24(23)27-25)13-14-22(19)21-10-5-4-9-20(21)17-28/h4-7,9-15,17H,2-3,8,16H2,1H3,(H,26,27). The summed E-state index contributed by atoms with van der Waals surface area (Å²) >= 11 is 0. The van der Waals surface area contributed by atoms with Gasteiger partial charge in [0.1, 0.15) is 5.82 Å². The van der Waals surface area contributed by atoms with E-state index < -0.39 is 0 Å². The normalized spacial score (nSPS) is 11.0. The van der Waals surface area contributed by atoms with Crippen LogP contribution in [-0.2, 0) is 12.8 Å². The number of imidazole rings is 1. The van der Waals surface area contributed by atoms with Gasteiger partial charge in [-0.1, -0.05) is 67.9 Å². The number of hydrogen-bond donors (Lipinski definition) is 1. The molecule has 1 aromatic heterocycles. The summed E-state index contributed by atoms with van der Waals surface area (Å²) in [6.45, 7) is 2.21. The fraction of sp³-hybridized carbons (Fsp3) is 0.200. The van der Waals surface area contributed by atoms with Gasteiger partial charge in [-0.3, -0.25) is 4.79 Å². The average molecular weight is 368 g/mol. The number of nitrogens with one attached hydrogen (secondary N) is 1. The Morgan fingerprint density at radius 1 is 0.964 bits per heavy atom. The number of H-pyrrole nitrogens is 1. The number of aromatic nitrogens is 2. The van der Waals surface area contributed by atoms with Crippen molar-refractivity contribution in [3.63, 3.8) is 0 Å². The van der Waals surface area contributed by atoms with Gasteiger partial charge in [0.2, 0.25) is 0 Å². The van der Waals surface area contributed by atoms with Crippen LogP contribution in [0.25, 0.3) is 22.2 Å². The van der Waals surface area contributed by atoms with Gasteiger partial charge in [0, 0.05) is 12.0 Å². The molecule has 0 aliphatic carbocycles. The number of rotatable bonds is 7. The van der Waals surface area contributed by atoms with E-state index in [1.807, 2.05) is 42.5 Å². The second kappa shape index (κ2) is 8.22. The second-order valence-corrected chi connectivity index (χ2v) is 7.18. The van der Waals surface area contributed by atoms with Crippen LogP contribution in [0.4, 0.5) is 0 Å². The molecule has 4 aromatic rings. The van der Waals surface area contributed by atoms with Crippen LogP contribution in [0.2, 0.25) is 0 Å². The fourth-order valence-electron chi connectivity index (χ4n) is 3.72. The molecule has 3 heteroatoms. The van der Waals surface area contributed by atoms with Gasteiger partial charge in [0.15, 0.2) is 6.29 Å². The fourth-order valence-corrected chi connectivity index (χ4v) is 3.72. The van der Waals surface area contributed by atoms with Crippen LogP contribution >= 0.6 is 0 Å². The SMILES string of the molecule is CCCCc1cc(Cc2nc3ccccc3[nH]2)ccc1-c1ccccc1C=O. The molecule has 0 atom stereocenters. The highest BCUT2D eigenvalue weighted by atomic mass is 16.1. The molecule has 1 heterocycles. The smallest absolute Gasteiger partial charge is 0.150 e. The van der Waals surface area contributed by atoms with E-state index in [4.69, 9.17) is 4.98 Å². The number of aromatic amines is 1. The summed E-state index contributed by atoms with van der Waals surface area (Å²) in [5.74, 6) is 0.976. The van der Waals surface area contributed by atoms with Gasteiger partial charge in [0.25, 0.3) is 0 Å². The Labute approximate surface area is 165 Å². The van der Waals surface area contributed by atoms with E-state index in [2.05, 4.69) is 36.2 Å². The number of para-hydroxylation sites is 2. The first-order valence-corrected chi connectivity index (χ1v) is 9.88. The number of aldehydes is 1. The number of aryl methyl sites for hydroxylation is 1. The lowest BCUT2D eigenvalue weighted by molar-refractivity contribution is 0.112. The molecule has 0 aliphatic rings. The number of hydrogen-bond acceptors (Lipinski definition) is 2. The third-order valence-corrected chi connectivity index (χ3v) is 5.16. The highest BCUT2D eigenvalue weighted by Gasteiger charge is 2.11. The van der Waals surface area contributed by atoms with Gasteiger partial charge < -0.3 is 4.98 Å². The summed E-state index contributed by atoms with van der Waals surface area (Å²) < 4.78 is 0. The molecule has 28 heavy (non-hydrogen) atoms.